The van der Waals surface area contributed by atoms with Crippen LogP contribution in [0.3, 0.4) is 0 Å². The zero-order chi connectivity index (χ0) is 17.8. The van der Waals surface area contributed by atoms with Crippen LogP contribution in [-0.2, 0) is 4.79 Å². The molecule has 0 atom stereocenters. The molecular formula is C18H15FN2O3S. The topological polar surface area (TPSA) is 58.6 Å². The predicted molar refractivity (Wildman–Crippen MR) is 95.7 cm³/mol. The molecule has 0 aromatic heterocycles. The number of methoxy groups -OCH3 is 1. The molecule has 1 heterocycles. The van der Waals surface area contributed by atoms with Gasteiger partial charge in [-0.2, -0.15) is 0 Å². The summed E-state index contributed by atoms with van der Waals surface area (Å²) >= 11 is 0.859. The number of para-hydroxylation sites is 1. The standard InChI is InChI=1S/C18H15FN2O3S/c1-24-13-8-6-12(7-9-13)10-16-17(22)21(18(23)25-16)11-20-15-5-3-2-4-14(15)19/h2-10,20H,11H2,1H3/b16-10+. The van der Waals surface area contributed by atoms with Gasteiger partial charge in [0.05, 0.1) is 24.4 Å². The summed E-state index contributed by atoms with van der Waals surface area (Å²) in [4.78, 5) is 25.8. The average Bonchev–Trinajstić information content (AvgIpc) is 2.88. The Balaban J connectivity index is 1.71. The van der Waals surface area contributed by atoms with Crippen molar-refractivity contribution in [3.8, 4) is 5.75 Å². The molecule has 1 N–H and O–H groups in total. The van der Waals surface area contributed by atoms with Crippen molar-refractivity contribution in [2.24, 2.45) is 0 Å². The highest BCUT2D eigenvalue weighted by Gasteiger charge is 2.34. The van der Waals surface area contributed by atoms with Crippen LogP contribution < -0.4 is 10.1 Å². The molecule has 1 fully saturated rings. The van der Waals surface area contributed by atoms with Crippen LogP contribution >= 0.6 is 11.8 Å². The minimum atomic E-state index is -0.441. The van der Waals surface area contributed by atoms with Crippen molar-refractivity contribution in [3.05, 3.63) is 64.8 Å². The lowest BCUT2D eigenvalue weighted by atomic mass is 10.2. The third-order valence-electron chi connectivity index (χ3n) is 3.59. The molecule has 2 aromatic carbocycles. The molecule has 2 amide bonds. The third kappa shape index (κ3) is 3.83. The number of nitrogens with one attached hydrogen (secondary N) is 1. The number of ether oxygens (including phenoxy) is 1. The molecule has 128 valence electrons. The highest BCUT2D eigenvalue weighted by Crippen LogP contribution is 2.32. The number of imide groups is 1. The van der Waals surface area contributed by atoms with Crippen LogP contribution in [0.2, 0.25) is 0 Å². The van der Waals surface area contributed by atoms with Gasteiger partial charge in [-0.1, -0.05) is 24.3 Å². The van der Waals surface area contributed by atoms with E-state index in [9.17, 15) is 14.0 Å². The second-order valence-corrected chi connectivity index (χ2v) is 6.19. The first-order chi connectivity index (χ1) is 12.1. The first kappa shape index (κ1) is 17.0. The van der Waals surface area contributed by atoms with Gasteiger partial charge in [0, 0.05) is 0 Å². The van der Waals surface area contributed by atoms with Gasteiger partial charge in [-0.3, -0.25) is 14.5 Å². The largest absolute Gasteiger partial charge is 0.497 e. The lowest BCUT2D eigenvalue weighted by Crippen LogP contribution is -2.33. The van der Waals surface area contributed by atoms with Gasteiger partial charge in [-0.15, -0.1) is 0 Å². The molecule has 0 aliphatic carbocycles. The molecule has 1 aliphatic heterocycles. The van der Waals surface area contributed by atoms with Crippen molar-refractivity contribution >= 4 is 34.7 Å². The van der Waals surface area contributed by atoms with E-state index in [1.165, 1.54) is 6.07 Å². The summed E-state index contributed by atoms with van der Waals surface area (Å²) in [6.07, 6.45) is 1.65. The van der Waals surface area contributed by atoms with Crippen LogP contribution in [0.1, 0.15) is 5.56 Å². The molecular weight excluding hydrogens is 343 g/mol. The van der Waals surface area contributed by atoms with E-state index in [-0.39, 0.29) is 12.4 Å². The third-order valence-corrected chi connectivity index (χ3v) is 4.50. The fourth-order valence-electron chi connectivity index (χ4n) is 2.26. The smallest absolute Gasteiger partial charge is 0.295 e. The Labute approximate surface area is 148 Å². The van der Waals surface area contributed by atoms with Gasteiger partial charge >= 0.3 is 0 Å². The SMILES string of the molecule is COc1ccc(/C=C2/SC(=O)N(CNc3ccccc3F)C2=O)cc1. The molecule has 3 rings (SSSR count). The highest BCUT2D eigenvalue weighted by molar-refractivity contribution is 8.18. The van der Waals surface area contributed by atoms with Crippen LogP contribution in [0.4, 0.5) is 14.9 Å². The monoisotopic (exact) mass is 358 g/mol. The average molecular weight is 358 g/mol. The van der Waals surface area contributed by atoms with Gasteiger partial charge in [0.2, 0.25) is 0 Å². The van der Waals surface area contributed by atoms with E-state index in [0.29, 0.717) is 10.7 Å². The van der Waals surface area contributed by atoms with Gasteiger partial charge in [0.25, 0.3) is 11.1 Å². The van der Waals surface area contributed by atoms with Crippen LogP contribution in [0.25, 0.3) is 6.08 Å². The first-order valence-electron chi connectivity index (χ1n) is 7.46. The van der Waals surface area contributed by atoms with E-state index in [2.05, 4.69) is 5.32 Å². The summed E-state index contributed by atoms with van der Waals surface area (Å²) < 4.78 is 18.7. The summed E-state index contributed by atoms with van der Waals surface area (Å²) in [5.74, 6) is -0.141. The first-order valence-corrected chi connectivity index (χ1v) is 8.28. The van der Waals surface area contributed by atoms with Gasteiger partial charge < -0.3 is 10.1 Å². The number of anilines is 1. The van der Waals surface area contributed by atoms with Crippen molar-refractivity contribution in [2.75, 3.05) is 19.1 Å². The Morgan fingerprint density at radius 1 is 1.16 bits per heavy atom. The van der Waals surface area contributed by atoms with Crippen LogP contribution in [0.15, 0.2) is 53.4 Å². The minimum Gasteiger partial charge on any atom is -0.497 e. The molecule has 1 aliphatic rings. The van der Waals surface area contributed by atoms with Crippen LogP contribution in [-0.4, -0.2) is 29.8 Å². The number of hydrogen-bond acceptors (Lipinski definition) is 5. The van der Waals surface area contributed by atoms with E-state index >= 15 is 0 Å². The van der Waals surface area contributed by atoms with Gasteiger partial charge in [0.1, 0.15) is 11.6 Å². The fraction of sp³-hybridized carbons (Fsp3) is 0.111. The summed E-state index contributed by atoms with van der Waals surface area (Å²) in [7, 11) is 1.57. The fourth-order valence-corrected chi connectivity index (χ4v) is 3.09. The zero-order valence-electron chi connectivity index (χ0n) is 13.4. The molecule has 0 unspecified atom stereocenters. The van der Waals surface area contributed by atoms with E-state index in [0.717, 1.165) is 22.2 Å². The molecule has 0 saturated carbocycles. The van der Waals surface area contributed by atoms with Crippen molar-refractivity contribution in [1.82, 2.24) is 4.90 Å². The zero-order valence-corrected chi connectivity index (χ0v) is 14.2. The predicted octanol–water partition coefficient (Wildman–Crippen LogP) is 3.94. The lowest BCUT2D eigenvalue weighted by Gasteiger charge is -2.14. The normalized spacial score (nSPS) is 15.8. The van der Waals surface area contributed by atoms with Crippen molar-refractivity contribution < 1.29 is 18.7 Å². The summed E-state index contributed by atoms with van der Waals surface area (Å²) in [5, 5.41) is 2.37. The number of benzene rings is 2. The van der Waals surface area contributed by atoms with Gasteiger partial charge in [-0.05, 0) is 47.7 Å². The highest BCUT2D eigenvalue weighted by atomic mass is 32.2. The molecule has 2 aromatic rings. The van der Waals surface area contributed by atoms with Gasteiger partial charge in [0.15, 0.2) is 0 Å². The number of rotatable bonds is 5. The number of nitrogens with zero attached hydrogens (tertiary/aromatic N) is 1. The summed E-state index contributed by atoms with van der Waals surface area (Å²) in [5.41, 5.74) is 1.02. The maximum absolute atomic E-state index is 13.6. The van der Waals surface area contributed by atoms with E-state index < -0.39 is 17.0 Å². The molecule has 7 heteroatoms. The molecule has 25 heavy (non-hydrogen) atoms. The lowest BCUT2D eigenvalue weighted by molar-refractivity contribution is -0.122. The number of halogens is 1. The maximum Gasteiger partial charge on any atom is 0.295 e. The minimum absolute atomic E-state index is 0.0917. The summed E-state index contributed by atoms with van der Waals surface area (Å²) in [6.45, 7) is -0.0917. The van der Waals surface area contributed by atoms with E-state index in [1.54, 1.807) is 55.7 Å². The molecule has 1 saturated heterocycles. The Bertz CT molecular complexity index is 836. The number of carbonyl (C=O) groups excluding carboxylic acids is 2. The van der Waals surface area contributed by atoms with E-state index in [1.807, 2.05) is 0 Å². The Hall–Kier alpha value is -2.80. The maximum atomic E-state index is 13.6. The quantitative estimate of drug-likeness (QED) is 0.821. The second kappa shape index (κ2) is 7.40. The number of thioether (sulfide) groups is 1. The Morgan fingerprint density at radius 2 is 1.88 bits per heavy atom. The molecule has 0 bridgehead atoms. The molecule has 5 nitrogen and oxygen atoms in total. The number of carbonyl (C=O) groups is 2. The molecule has 0 radical (unpaired) electrons. The van der Waals surface area contributed by atoms with Crippen molar-refractivity contribution in [3.63, 3.8) is 0 Å². The number of amides is 2. The van der Waals surface area contributed by atoms with Crippen LogP contribution in [0, 0.1) is 5.82 Å². The van der Waals surface area contributed by atoms with Gasteiger partial charge in [-0.25, -0.2) is 4.39 Å². The second-order valence-electron chi connectivity index (χ2n) is 5.20. The van der Waals surface area contributed by atoms with Crippen molar-refractivity contribution in [1.29, 1.82) is 0 Å². The Morgan fingerprint density at radius 3 is 2.56 bits per heavy atom. The summed E-state index contributed by atoms with van der Waals surface area (Å²) in [6, 6.07) is 13.2. The Kier molecular flexibility index (Phi) is 5.04. The van der Waals surface area contributed by atoms with Crippen molar-refractivity contribution in [2.45, 2.75) is 0 Å². The number of hydrogen-bond donors (Lipinski definition) is 1. The molecule has 0 spiro atoms. The van der Waals surface area contributed by atoms with Crippen LogP contribution in [0.5, 0.6) is 5.75 Å². The van der Waals surface area contributed by atoms with E-state index in [4.69, 9.17) is 4.74 Å².